The van der Waals surface area contributed by atoms with Crippen LogP contribution in [0, 0.1) is 11.6 Å². The van der Waals surface area contributed by atoms with Gasteiger partial charge in [0.15, 0.2) is 0 Å². The number of rotatable bonds is 2. The maximum Gasteiger partial charge on any atom is 0.291 e. The fraction of sp³-hybridized carbons (Fsp3) is 0. The first kappa shape index (κ1) is 12.0. The van der Waals surface area contributed by atoms with E-state index in [0.29, 0.717) is 0 Å². The van der Waals surface area contributed by atoms with Crippen LogP contribution in [-0.4, -0.2) is 0 Å². The fourth-order valence-corrected chi connectivity index (χ4v) is 2.81. The summed E-state index contributed by atoms with van der Waals surface area (Å²) in [4.78, 5) is 12.0. The molecule has 2 aromatic carbocycles. The third-order valence-electron chi connectivity index (χ3n) is 2.33. The van der Waals surface area contributed by atoms with Crippen molar-refractivity contribution >= 4 is 18.0 Å². The zero-order valence-corrected chi connectivity index (χ0v) is 9.53. The quantitative estimate of drug-likeness (QED) is 0.758. The Hall–Kier alpha value is -1.51. The molecule has 2 nitrogen and oxygen atoms in total. The van der Waals surface area contributed by atoms with E-state index in [2.05, 4.69) is 0 Å². The van der Waals surface area contributed by atoms with E-state index in [1.807, 2.05) is 0 Å². The Morgan fingerprint density at radius 1 is 0.706 bits per heavy atom. The SMILES string of the molecule is [O]P(=O)(c1ccc(F)cc1)c1ccc(F)cc1. The highest BCUT2D eigenvalue weighted by atomic mass is 31.2. The first-order valence-electron chi connectivity index (χ1n) is 4.83. The Morgan fingerprint density at radius 3 is 1.29 bits per heavy atom. The average Bonchev–Trinajstić information content (AvgIpc) is 2.30. The second-order valence-corrected chi connectivity index (χ2v) is 5.64. The van der Waals surface area contributed by atoms with Crippen LogP contribution in [0.5, 0.6) is 0 Å². The predicted molar refractivity (Wildman–Crippen MR) is 60.4 cm³/mol. The summed E-state index contributed by atoms with van der Waals surface area (Å²) in [5, 5.41) is 0.0102. The molecule has 0 aliphatic rings. The molecule has 5 heteroatoms. The molecule has 0 heterocycles. The third-order valence-corrected chi connectivity index (χ3v) is 4.29. The largest absolute Gasteiger partial charge is 0.291 e. The lowest BCUT2D eigenvalue weighted by Crippen LogP contribution is -2.14. The van der Waals surface area contributed by atoms with Gasteiger partial charge in [-0.15, -0.1) is 0 Å². The van der Waals surface area contributed by atoms with Crippen LogP contribution in [0.4, 0.5) is 8.78 Å². The second-order valence-electron chi connectivity index (χ2n) is 3.50. The minimum absolute atomic E-state index is 0.00510. The Balaban J connectivity index is 2.45. The molecule has 0 spiro atoms. The van der Waals surface area contributed by atoms with Crippen LogP contribution in [0.25, 0.3) is 0 Å². The molecule has 0 amide bonds. The van der Waals surface area contributed by atoms with Crippen molar-refractivity contribution in [1.82, 2.24) is 0 Å². The van der Waals surface area contributed by atoms with E-state index in [-0.39, 0.29) is 10.6 Å². The van der Waals surface area contributed by atoms with Gasteiger partial charge in [-0.1, -0.05) is 0 Å². The predicted octanol–water partition coefficient (Wildman–Crippen LogP) is 2.62. The summed E-state index contributed by atoms with van der Waals surface area (Å²) in [7, 11) is -4.02. The van der Waals surface area contributed by atoms with Gasteiger partial charge in [-0.3, -0.25) is 4.57 Å². The summed E-state index contributed by atoms with van der Waals surface area (Å²) < 4.78 is 37.4. The Labute approximate surface area is 97.0 Å². The summed E-state index contributed by atoms with van der Waals surface area (Å²) in [5.74, 6) is -1.01. The van der Waals surface area contributed by atoms with Crippen molar-refractivity contribution in [2.45, 2.75) is 0 Å². The van der Waals surface area contributed by atoms with Gasteiger partial charge in [0.05, 0.1) is 0 Å². The van der Waals surface area contributed by atoms with Crippen molar-refractivity contribution in [3.8, 4) is 0 Å². The second kappa shape index (κ2) is 4.40. The molecule has 0 fully saturated rings. The van der Waals surface area contributed by atoms with Gasteiger partial charge in [0.1, 0.15) is 11.6 Å². The number of hydrogen-bond donors (Lipinski definition) is 0. The summed E-state index contributed by atoms with van der Waals surface area (Å²) in [5.41, 5.74) is 0. The molecule has 2 rings (SSSR count). The Kier molecular flexibility index (Phi) is 3.09. The lowest BCUT2D eigenvalue weighted by atomic mass is 10.3. The third kappa shape index (κ3) is 2.43. The van der Waals surface area contributed by atoms with Crippen molar-refractivity contribution in [3.63, 3.8) is 0 Å². The lowest BCUT2D eigenvalue weighted by molar-refractivity contribution is 0.431. The van der Waals surface area contributed by atoms with Crippen molar-refractivity contribution in [2.75, 3.05) is 0 Å². The molecule has 0 saturated carbocycles. The highest BCUT2D eigenvalue weighted by Gasteiger charge is 2.26. The number of hydrogen-bond acceptors (Lipinski definition) is 1. The van der Waals surface area contributed by atoms with Crippen LogP contribution in [0.15, 0.2) is 48.5 Å². The average molecular weight is 253 g/mol. The number of halogens is 2. The molecule has 0 atom stereocenters. The maximum atomic E-state index is 12.7. The van der Waals surface area contributed by atoms with E-state index < -0.39 is 19.0 Å². The minimum Gasteiger partial charge on any atom is -0.280 e. The molecule has 17 heavy (non-hydrogen) atoms. The Bertz CT molecular complexity index is 515. The smallest absolute Gasteiger partial charge is 0.280 e. The van der Waals surface area contributed by atoms with Crippen LogP contribution < -0.4 is 10.6 Å². The minimum atomic E-state index is -4.02. The van der Waals surface area contributed by atoms with Crippen molar-refractivity contribution in [3.05, 3.63) is 60.2 Å². The van der Waals surface area contributed by atoms with Crippen molar-refractivity contribution in [2.24, 2.45) is 0 Å². The van der Waals surface area contributed by atoms with E-state index in [9.17, 15) is 18.2 Å². The summed E-state index contributed by atoms with van der Waals surface area (Å²) in [6.45, 7) is 0. The van der Waals surface area contributed by atoms with Crippen LogP contribution in [0.3, 0.4) is 0 Å². The molecule has 1 radical (unpaired) electrons. The molecular weight excluding hydrogens is 245 g/mol. The molecular formula is C12H8F2O2P. The molecule has 0 aliphatic carbocycles. The topological polar surface area (TPSA) is 37.0 Å². The van der Waals surface area contributed by atoms with Crippen molar-refractivity contribution < 1.29 is 18.2 Å². The van der Waals surface area contributed by atoms with Gasteiger partial charge in [0.25, 0.3) is 7.37 Å². The standard InChI is InChI=1S/C12H8F2O2P/c13-9-1-5-11(6-2-9)17(15,16)12-7-3-10(14)4-8-12/h1-8H. The zero-order chi connectivity index (χ0) is 12.5. The van der Waals surface area contributed by atoms with Gasteiger partial charge < -0.3 is 0 Å². The molecule has 0 N–H and O–H groups in total. The molecule has 2 aromatic rings. The van der Waals surface area contributed by atoms with Crippen LogP contribution in [0.1, 0.15) is 0 Å². The highest BCUT2D eigenvalue weighted by Crippen LogP contribution is 2.39. The summed E-state index contributed by atoms with van der Waals surface area (Å²) in [6, 6.07) is 9.04. The molecule has 0 saturated heterocycles. The molecule has 0 aromatic heterocycles. The highest BCUT2D eigenvalue weighted by molar-refractivity contribution is 7.73. The van der Waals surface area contributed by atoms with Gasteiger partial charge in [-0.05, 0) is 48.5 Å². The normalized spacial score (nSPS) is 11.5. The molecule has 0 unspecified atom stereocenters. The lowest BCUT2D eigenvalue weighted by Gasteiger charge is -2.09. The Morgan fingerprint density at radius 2 is 1.00 bits per heavy atom. The van der Waals surface area contributed by atoms with Gasteiger partial charge >= 0.3 is 0 Å². The van der Waals surface area contributed by atoms with Crippen LogP contribution in [-0.2, 0) is 9.46 Å². The molecule has 0 bridgehead atoms. The van der Waals surface area contributed by atoms with Gasteiger partial charge in [-0.2, -0.15) is 4.89 Å². The van der Waals surface area contributed by atoms with E-state index in [4.69, 9.17) is 0 Å². The van der Waals surface area contributed by atoms with E-state index in [0.717, 1.165) is 24.3 Å². The molecule has 0 aliphatic heterocycles. The monoisotopic (exact) mass is 253 g/mol. The number of benzene rings is 2. The van der Waals surface area contributed by atoms with Gasteiger partial charge in [0, 0.05) is 10.6 Å². The molecule has 87 valence electrons. The van der Waals surface area contributed by atoms with E-state index in [1.54, 1.807) is 0 Å². The zero-order valence-electron chi connectivity index (χ0n) is 8.64. The first-order chi connectivity index (χ1) is 8.00. The van der Waals surface area contributed by atoms with Gasteiger partial charge in [-0.25, -0.2) is 8.78 Å². The van der Waals surface area contributed by atoms with Gasteiger partial charge in [0.2, 0.25) is 0 Å². The van der Waals surface area contributed by atoms with Crippen LogP contribution in [0.2, 0.25) is 0 Å². The van der Waals surface area contributed by atoms with Crippen molar-refractivity contribution in [1.29, 1.82) is 0 Å². The van der Waals surface area contributed by atoms with E-state index in [1.165, 1.54) is 24.3 Å². The van der Waals surface area contributed by atoms with E-state index >= 15 is 0 Å². The fourth-order valence-electron chi connectivity index (χ4n) is 1.42. The summed E-state index contributed by atoms with van der Waals surface area (Å²) in [6.07, 6.45) is 0. The summed E-state index contributed by atoms with van der Waals surface area (Å²) >= 11 is 0. The van der Waals surface area contributed by atoms with Crippen LogP contribution >= 0.6 is 7.37 Å². The maximum absolute atomic E-state index is 12.7. The first-order valence-corrected chi connectivity index (χ1v) is 6.46.